The van der Waals surface area contributed by atoms with Crippen LogP contribution in [-0.4, -0.2) is 33.5 Å². The maximum absolute atomic E-state index is 13.2. The van der Waals surface area contributed by atoms with Gasteiger partial charge in [0, 0.05) is 17.8 Å². The van der Waals surface area contributed by atoms with E-state index in [1.165, 1.54) is 30.0 Å². The van der Waals surface area contributed by atoms with E-state index >= 15 is 0 Å². The third-order valence-electron chi connectivity index (χ3n) is 3.89. The first-order valence-corrected chi connectivity index (χ1v) is 9.94. The number of halogens is 2. The first kappa shape index (κ1) is 20.9. The lowest BCUT2D eigenvalue weighted by atomic mass is 10.2. The van der Waals surface area contributed by atoms with Gasteiger partial charge >= 0.3 is 0 Å². The summed E-state index contributed by atoms with van der Waals surface area (Å²) in [4.78, 5) is 12.2. The number of thioether (sulfide) groups is 1. The fraction of sp³-hybridized carbons (Fsp3) is 0.150. The molecule has 9 heteroatoms. The minimum atomic E-state index is -0.540. The molecule has 150 valence electrons. The molecule has 0 fully saturated rings. The Balaban J connectivity index is 1.73. The summed E-state index contributed by atoms with van der Waals surface area (Å²) >= 11 is 6.98. The first-order valence-electron chi connectivity index (χ1n) is 8.58. The van der Waals surface area contributed by atoms with Crippen molar-refractivity contribution in [3.63, 3.8) is 0 Å². The number of carbonyl (C=O) groups is 1. The minimum Gasteiger partial charge on any atom is -0.497 e. The van der Waals surface area contributed by atoms with E-state index in [0.717, 1.165) is 5.56 Å². The Labute approximate surface area is 176 Å². The fourth-order valence-electron chi connectivity index (χ4n) is 2.57. The Bertz CT molecular complexity index is 1040. The third kappa shape index (κ3) is 5.16. The average molecular weight is 433 g/mol. The first-order chi connectivity index (χ1) is 14.0. The van der Waals surface area contributed by atoms with Gasteiger partial charge < -0.3 is 10.1 Å². The van der Waals surface area contributed by atoms with E-state index in [-0.39, 0.29) is 16.7 Å². The second kappa shape index (κ2) is 9.58. The predicted molar refractivity (Wildman–Crippen MR) is 113 cm³/mol. The zero-order valence-electron chi connectivity index (χ0n) is 15.6. The van der Waals surface area contributed by atoms with Gasteiger partial charge in [0.15, 0.2) is 11.0 Å². The molecule has 2 aromatic carbocycles. The lowest BCUT2D eigenvalue weighted by Gasteiger charge is -2.09. The summed E-state index contributed by atoms with van der Waals surface area (Å²) in [6, 6.07) is 11.5. The normalized spacial score (nSPS) is 10.6. The molecule has 1 amide bonds. The van der Waals surface area contributed by atoms with Crippen molar-refractivity contribution < 1.29 is 13.9 Å². The van der Waals surface area contributed by atoms with Crippen molar-refractivity contribution in [2.24, 2.45) is 0 Å². The number of hydrogen-bond donors (Lipinski definition) is 1. The standard InChI is InChI=1S/C20H18ClFN4O2S/c1-3-9-26-19(13-5-4-6-15(10-13)28-2)24-25-20(26)29-12-18(27)23-14-7-8-17(22)16(21)11-14/h3-8,10-11H,1,9,12H2,2H3,(H,23,27). The average Bonchev–Trinajstić information content (AvgIpc) is 3.12. The molecule has 3 rings (SSSR count). The monoisotopic (exact) mass is 432 g/mol. The van der Waals surface area contributed by atoms with Crippen molar-refractivity contribution in [2.75, 3.05) is 18.2 Å². The van der Waals surface area contributed by atoms with Gasteiger partial charge in [0.2, 0.25) is 5.91 Å². The molecule has 29 heavy (non-hydrogen) atoms. The van der Waals surface area contributed by atoms with Gasteiger partial charge in [-0.1, -0.05) is 41.6 Å². The molecule has 0 aliphatic heterocycles. The van der Waals surface area contributed by atoms with E-state index in [9.17, 15) is 9.18 Å². The highest BCUT2D eigenvalue weighted by atomic mass is 35.5. The number of aromatic nitrogens is 3. The summed E-state index contributed by atoms with van der Waals surface area (Å²) in [6.45, 7) is 4.26. The van der Waals surface area contributed by atoms with Gasteiger partial charge in [-0.25, -0.2) is 4.39 Å². The Morgan fingerprint density at radius 2 is 2.17 bits per heavy atom. The summed E-state index contributed by atoms with van der Waals surface area (Å²) in [5.41, 5.74) is 1.27. The number of carbonyl (C=O) groups excluding carboxylic acids is 1. The highest BCUT2D eigenvalue weighted by Gasteiger charge is 2.15. The molecular weight excluding hydrogens is 415 g/mol. The van der Waals surface area contributed by atoms with Crippen LogP contribution in [0, 0.1) is 5.82 Å². The maximum atomic E-state index is 13.2. The number of amides is 1. The van der Waals surface area contributed by atoms with Gasteiger partial charge in [0.05, 0.1) is 17.9 Å². The summed E-state index contributed by atoms with van der Waals surface area (Å²) in [7, 11) is 1.60. The molecule has 0 aliphatic rings. The summed E-state index contributed by atoms with van der Waals surface area (Å²) in [6.07, 6.45) is 1.73. The molecule has 0 atom stereocenters. The van der Waals surface area contributed by atoms with Gasteiger partial charge in [-0.2, -0.15) is 0 Å². The fourth-order valence-corrected chi connectivity index (χ4v) is 3.49. The zero-order chi connectivity index (χ0) is 20.8. The van der Waals surface area contributed by atoms with E-state index in [0.29, 0.717) is 29.0 Å². The van der Waals surface area contributed by atoms with Crippen LogP contribution in [0.25, 0.3) is 11.4 Å². The predicted octanol–water partition coefficient (Wildman–Crippen LogP) is 4.66. The van der Waals surface area contributed by atoms with Gasteiger partial charge in [-0.15, -0.1) is 16.8 Å². The summed E-state index contributed by atoms with van der Waals surface area (Å²) in [5.74, 6) is 0.650. The SMILES string of the molecule is C=CCn1c(SCC(=O)Nc2ccc(F)c(Cl)c2)nnc1-c1cccc(OC)c1. The highest BCUT2D eigenvalue weighted by molar-refractivity contribution is 7.99. The van der Waals surface area contributed by atoms with Crippen molar-refractivity contribution in [1.82, 2.24) is 14.8 Å². The van der Waals surface area contributed by atoms with Gasteiger partial charge in [-0.05, 0) is 30.3 Å². The molecule has 0 radical (unpaired) electrons. The molecule has 0 bridgehead atoms. The minimum absolute atomic E-state index is 0.0517. The third-order valence-corrected chi connectivity index (χ3v) is 5.15. The van der Waals surface area contributed by atoms with Crippen molar-refractivity contribution >= 4 is 35.0 Å². The smallest absolute Gasteiger partial charge is 0.234 e. The van der Waals surface area contributed by atoms with Crippen LogP contribution in [0.2, 0.25) is 5.02 Å². The molecule has 0 saturated carbocycles. The van der Waals surface area contributed by atoms with Crippen LogP contribution in [0.4, 0.5) is 10.1 Å². The van der Waals surface area contributed by atoms with Crippen LogP contribution in [-0.2, 0) is 11.3 Å². The molecular formula is C20H18ClFN4O2S. The summed E-state index contributed by atoms with van der Waals surface area (Å²) < 4.78 is 20.4. The van der Waals surface area contributed by atoms with Crippen LogP contribution in [0.5, 0.6) is 5.75 Å². The van der Waals surface area contributed by atoms with E-state index in [1.54, 1.807) is 13.2 Å². The largest absolute Gasteiger partial charge is 0.497 e. The molecule has 0 spiro atoms. The molecule has 1 N–H and O–H groups in total. The van der Waals surface area contributed by atoms with Crippen LogP contribution in [0.15, 0.2) is 60.3 Å². The topological polar surface area (TPSA) is 69.0 Å². The van der Waals surface area contributed by atoms with E-state index in [1.807, 2.05) is 28.8 Å². The number of allylic oxidation sites excluding steroid dienone is 1. The quantitative estimate of drug-likeness (QED) is 0.414. The molecule has 6 nitrogen and oxygen atoms in total. The van der Waals surface area contributed by atoms with E-state index in [4.69, 9.17) is 16.3 Å². The molecule has 0 aliphatic carbocycles. The van der Waals surface area contributed by atoms with Crippen LogP contribution in [0.3, 0.4) is 0 Å². The van der Waals surface area contributed by atoms with Crippen molar-refractivity contribution in [3.8, 4) is 17.1 Å². The Morgan fingerprint density at radius 1 is 1.34 bits per heavy atom. The molecule has 0 unspecified atom stereocenters. The molecule has 0 saturated heterocycles. The van der Waals surface area contributed by atoms with Crippen molar-refractivity contribution in [3.05, 3.63) is 66.0 Å². The summed E-state index contributed by atoms with van der Waals surface area (Å²) in [5, 5.41) is 11.7. The lowest BCUT2D eigenvalue weighted by Crippen LogP contribution is -2.14. The molecule has 1 aromatic heterocycles. The number of benzene rings is 2. The number of hydrogen-bond acceptors (Lipinski definition) is 5. The number of anilines is 1. The van der Waals surface area contributed by atoms with E-state index in [2.05, 4.69) is 22.1 Å². The number of methoxy groups -OCH3 is 1. The number of rotatable bonds is 8. The Hall–Kier alpha value is -2.84. The number of nitrogens with zero attached hydrogens (tertiary/aromatic N) is 3. The molecule has 3 aromatic rings. The van der Waals surface area contributed by atoms with Crippen LogP contribution in [0.1, 0.15) is 0 Å². The highest BCUT2D eigenvalue weighted by Crippen LogP contribution is 2.27. The van der Waals surface area contributed by atoms with Crippen LogP contribution >= 0.6 is 23.4 Å². The van der Waals surface area contributed by atoms with Gasteiger partial charge in [0.25, 0.3) is 0 Å². The zero-order valence-corrected chi connectivity index (χ0v) is 17.1. The Morgan fingerprint density at radius 3 is 2.90 bits per heavy atom. The number of nitrogens with one attached hydrogen (secondary N) is 1. The second-order valence-electron chi connectivity index (χ2n) is 5.90. The lowest BCUT2D eigenvalue weighted by molar-refractivity contribution is -0.113. The van der Waals surface area contributed by atoms with E-state index < -0.39 is 5.82 Å². The van der Waals surface area contributed by atoms with Gasteiger partial charge in [0.1, 0.15) is 11.6 Å². The Kier molecular flexibility index (Phi) is 6.90. The maximum Gasteiger partial charge on any atom is 0.234 e. The number of ether oxygens (including phenoxy) is 1. The second-order valence-corrected chi connectivity index (χ2v) is 7.25. The van der Waals surface area contributed by atoms with Gasteiger partial charge in [-0.3, -0.25) is 9.36 Å². The van der Waals surface area contributed by atoms with Crippen molar-refractivity contribution in [2.45, 2.75) is 11.7 Å². The van der Waals surface area contributed by atoms with Crippen LogP contribution < -0.4 is 10.1 Å². The molecule has 1 heterocycles. The van der Waals surface area contributed by atoms with Crippen molar-refractivity contribution in [1.29, 1.82) is 0 Å².